The van der Waals surface area contributed by atoms with Gasteiger partial charge >= 0.3 is 0 Å². The Kier molecular flexibility index (Phi) is 5.01. The summed E-state index contributed by atoms with van der Waals surface area (Å²) < 4.78 is 7.76. The number of benzene rings is 2. The molecule has 0 atom stereocenters. The Morgan fingerprint density at radius 3 is 2.81 bits per heavy atom. The first-order valence-electron chi connectivity index (χ1n) is 9.04. The molecule has 0 spiro atoms. The molecule has 1 aromatic heterocycles. The molecule has 0 radical (unpaired) electrons. The lowest BCUT2D eigenvalue weighted by atomic mass is 10.1. The molecule has 0 unspecified atom stereocenters. The van der Waals surface area contributed by atoms with Crippen LogP contribution in [0.2, 0.25) is 0 Å². The molecular weight excluding hydrogens is 338 g/mol. The molecule has 5 nitrogen and oxygen atoms in total. The molecule has 1 amide bonds. The Morgan fingerprint density at radius 2 is 1.93 bits per heavy atom. The minimum absolute atomic E-state index is 0.0920. The number of hydrogen-bond acceptors (Lipinski definition) is 3. The van der Waals surface area contributed by atoms with E-state index in [1.165, 1.54) is 5.56 Å². The van der Waals surface area contributed by atoms with Crippen LogP contribution in [-0.2, 0) is 17.8 Å². The predicted molar refractivity (Wildman–Crippen MR) is 104 cm³/mol. The van der Waals surface area contributed by atoms with Crippen LogP contribution in [0.15, 0.2) is 72.6 Å². The van der Waals surface area contributed by atoms with E-state index in [2.05, 4.69) is 27.0 Å². The normalized spacial score (nSPS) is 12.7. The third kappa shape index (κ3) is 4.08. The lowest BCUT2D eigenvalue weighted by Gasteiger charge is -2.17. The molecular formula is C22H21N3O2. The second kappa shape index (κ2) is 7.91. The van der Waals surface area contributed by atoms with E-state index in [9.17, 15) is 4.79 Å². The summed E-state index contributed by atoms with van der Waals surface area (Å²) in [5, 5.41) is 2.97. The molecule has 0 saturated carbocycles. The van der Waals surface area contributed by atoms with Gasteiger partial charge in [0.25, 0.3) is 5.91 Å². The number of ether oxygens (including phenoxy) is 1. The van der Waals surface area contributed by atoms with Crippen molar-refractivity contribution in [2.45, 2.75) is 13.0 Å². The Morgan fingerprint density at radius 1 is 1.11 bits per heavy atom. The highest BCUT2D eigenvalue weighted by Gasteiger charge is 2.16. The third-order valence-corrected chi connectivity index (χ3v) is 4.56. The second-order valence-electron chi connectivity index (χ2n) is 6.46. The van der Waals surface area contributed by atoms with Crippen molar-refractivity contribution in [2.75, 3.05) is 13.2 Å². The van der Waals surface area contributed by atoms with Gasteiger partial charge in [-0.15, -0.1) is 0 Å². The van der Waals surface area contributed by atoms with Crippen molar-refractivity contribution < 1.29 is 9.53 Å². The molecule has 27 heavy (non-hydrogen) atoms. The number of rotatable bonds is 6. The van der Waals surface area contributed by atoms with Crippen LogP contribution >= 0.6 is 0 Å². The van der Waals surface area contributed by atoms with E-state index in [0.717, 1.165) is 23.7 Å². The fraction of sp³-hybridized carbons (Fsp3) is 0.182. The molecule has 0 bridgehead atoms. The van der Waals surface area contributed by atoms with Gasteiger partial charge in [-0.05, 0) is 17.7 Å². The second-order valence-corrected chi connectivity index (χ2v) is 6.46. The first kappa shape index (κ1) is 17.1. The summed E-state index contributed by atoms with van der Waals surface area (Å²) in [5.74, 6) is 1.68. The van der Waals surface area contributed by atoms with E-state index in [1.54, 1.807) is 6.20 Å². The van der Waals surface area contributed by atoms with E-state index in [-0.39, 0.29) is 5.91 Å². The number of amides is 1. The summed E-state index contributed by atoms with van der Waals surface area (Å²) in [6, 6.07) is 18.0. The molecule has 0 saturated heterocycles. The third-order valence-electron chi connectivity index (χ3n) is 4.56. The van der Waals surface area contributed by atoms with Crippen LogP contribution in [0, 0.1) is 0 Å². The summed E-state index contributed by atoms with van der Waals surface area (Å²) in [7, 11) is 0. The van der Waals surface area contributed by atoms with Crippen LogP contribution in [0.25, 0.3) is 6.08 Å². The quantitative estimate of drug-likeness (QED) is 0.736. The zero-order valence-electron chi connectivity index (χ0n) is 15.0. The fourth-order valence-electron chi connectivity index (χ4n) is 3.14. The maximum atomic E-state index is 12.4. The number of aromatic nitrogens is 2. The van der Waals surface area contributed by atoms with E-state index >= 15 is 0 Å². The number of nitrogens with one attached hydrogen (secondary N) is 1. The van der Waals surface area contributed by atoms with Crippen LogP contribution < -0.4 is 10.1 Å². The molecule has 4 rings (SSSR count). The molecule has 1 aliphatic heterocycles. The first-order chi connectivity index (χ1) is 13.3. The van der Waals surface area contributed by atoms with Crippen LogP contribution in [0.4, 0.5) is 0 Å². The maximum Gasteiger partial charge on any atom is 0.250 e. The van der Waals surface area contributed by atoms with Crippen molar-refractivity contribution in [1.82, 2.24) is 14.9 Å². The molecule has 1 N–H and O–H groups in total. The van der Waals surface area contributed by atoms with E-state index < -0.39 is 0 Å². The number of imidazole rings is 1. The van der Waals surface area contributed by atoms with Crippen LogP contribution in [-0.4, -0.2) is 28.6 Å². The van der Waals surface area contributed by atoms with Gasteiger partial charge < -0.3 is 14.6 Å². The molecule has 2 aromatic carbocycles. The van der Waals surface area contributed by atoms with E-state index in [4.69, 9.17) is 4.74 Å². The van der Waals surface area contributed by atoms with Crippen LogP contribution in [0.3, 0.4) is 0 Å². The SMILES string of the molecule is O=C(NCCc1nccn1Cc1ccccc1)C1=Cc2ccccc2OC1. The van der Waals surface area contributed by atoms with Crippen molar-refractivity contribution in [1.29, 1.82) is 0 Å². The Bertz CT molecular complexity index is 960. The van der Waals surface area contributed by atoms with Crippen molar-refractivity contribution in [3.63, 3.8) is 0 Å². The minimum atomic E-state index is -0.0920. The summed E-state index contributed by atoms with van der Waals surface area (Å²) in [6.07, 6.45) is 6.34. The van der Waals surface area contributed by atoms with Gasteiger partial charge in [0.15, 0.2) is 0 Å². The van der Waals surface area contributed by atoms with Crippen LogP contribution in [0.5, 0.6) is 5.75 Å². The molecule has 1 aliphatic rings. The zero-order chi connectivity index (χ0) is 18.5. The lowest BCUT2D eigenvalue weighted by Crippen LogP contribution is -2.30. The van der Waals surface area contributed by atoms with Crippen LogP contribution in [0.1, 0.15) is 17.0 Å². The highest BCUT2D eigenvalue weighted by atomic mass is 16.5. The van der Waals surface area contributed by atoms with E-state index in [0.29, 0.717) is 25.1 Å². The van der Waals surface area contributed by atoms with Crippen molar-refractivity contribution in [3.05, 3.63) is 89.5 Å². The number of para-hydroxylation sites is 1. The molecule has 0 fully saturated rings. The summed E-state index contributed by atoms with van der Waals surface area (Å²) >= 11 is 0. The fourth-order valence-corrected chi connectivity index (χ4v) is 3.14. The Hall–Kier alpha value is -3.34. The lowest BCUT2D eigenvalue weighted by molar-refractivity contribution is -0.117. The summed E-state index contributed by atoms with van der Waals surface area (Å²) in [4.78, 5) is 16.8. The summed E-state index contributed by atoms with van der Waals surface area (Å²) in [5.41, 5.74) is 2.80. The van der Waals surface area contributed by atoms with Gasteiger partial charge in [-0.2, -0.15) is 0 Å². The number of carbonyl (C=O) groups is 1. The van der Waals surface area contributed by atoms with Gasteiger partial charge in [0, 0.05) is 37.5 Å². The monoisotopic (exact) mass is 359 g/mol. The average Bonchev–Trinajstić information content (AvgIpc) is 3.15. The zero-order valence-corrected chi connectivity index (χ0v) is 15.0. The molecule has 5 heteroatoms. The summed E-state index contributed by atoms with van der Waals surface area (Å²) in [6.45, 7) is 1.61. The Balaban J connectivity index is 1.34. The number of carbonyl (C=O) groups excluding carboxylic acids is 1. The number of nitrogens with zero attached hydrogens (tertiary/aromatic N) is 2. The standard InChI is InChI=1S/C22H21N3O2/c26-22(19-14-18-8-4-5-9-20(18)27-16-19)24-11-10-21-23-12-13-25(21)15-17-6-2-1-3-7-17/h1-9,12-14H,10-11,15-16H2,(H,24,26). The van der Waals surface area contributed by atoms with Gasteiger partial charge in [0.05, 0.1) is 5.57 Å². The molecule has 136 valence electrons. The maximum absolute atomic E-state index is 12.4. The molecule has 3 aromatic rings. The molecule has 2 heterocycles. The average molecular weight is 359 g/mol. The van der Waals surface area contributed by atoms with Gasteiger partial charge in [-0.3, -0.25) is 4.79 Å². The Labute approximate surface area is 158 Å². The largest absolute Gasteiger partial charge is 0.488 e. The highest BCUT2D eigenvalue weighted by Crippen LogP contribution is 2.25. The van der Waals surface area contributed by atoms with E-state index in [1.807, 2.05) is 54.7 Å². The smallest absolute Gasteiger partial charge is 0.250 e. The van der Waals surface area contributed by atoms with Gasteiger partial charge in [-0.25, -0.2) is 4.98 Å². The first-order valence-corrected chi connectivity index (χ1v) is 9.04. The van der Waals surface area contributed by atoms with Crippen molar-refractivity contribution in [3.8, 4) is 5.75 Å². The van der Waals surface area contributed by atoms with Gasteiger partial charge in [0.1, 0.15) is 18.2 Å². The predicted octanol–water partition coefficient (Wildman–Crippen LogP) is 3.07. The number of hydrogen-bond donors (Lipinski definition) is 1. The van der Waals surface area contributed by atoms with Crippen molar-refractivity contribution in [2.24, 2.45) is 0 Å². The highest BCUT2D eigenvalue weighted by molar-refractivity contribution is 5.99. The van der Waals surface area contributed by atoms with Gasteiger partial charge in [-0.1, -0.05) is 48.5 Å². The van der Waals surface area contributed by atoms with Crippen molar-refractivity contribution >= 4 is 12.0 Å². The number of fused-ring (bicyclic) bond motifs is 1. The minimum Gasteiger partial charge on any atom is -0.488 e. The topological polar surface area (TPSA) is 56.2 Å². The van der Waals surface area contributed by atoms with Gasteiger partial charge in [0.2, 0.25) is 0 Å². The molecule has 0 aliphatic carbocycles.